The zero-order chi connectivity index (χ0) is 24.2. The Kier molecular flexibility index (Phi) is 8.40. The quantitative estimate of drug-likeness (QED) is 0.349. The van der Waals surface area contributed by atoms with Gasteiger partial charge in [-0.1, -0.05) is 40.5 Å². The summed E-state index contributed by atoms with van der Waals surface area (Å²) in [5.41, 5.74) is 0.343. The van der Waals surface area contributed by atoms with E-state index < -0.39 is 23.2 Å². The number of nitrogens with zero attached hydrogens (tertiary/aromatic N) is 2. The Hall–Kier alpha value is -1.71. The number of anilines is 1. The maximum Gasteiger partial charge on any atom is 0.417 e. The van der Waals surface area contributed by atoms with Crippen molar-refractivity contribution in [2.45, 2.75) is 32.4 Å². The number of hydrogen-bond donors (Lipinski definition) is 1. The van der Waals surface area contributed by atoms with Gasteiger partial charge in [-0.05, 0) is 73.2 Å². The van der Waals surface area contributed by atoms with Crippen LogP contribution in [0.3, 0.4) is 0 Å². The SMILES string of the molecule is CCC1(CCCSC)CN(C(=O)Nc2ccc(Br)cc2)N=C1c1ccc(C(F)(F)F)c(Cl)c1. The fourth-order valence-corrected chi connectivity index (χ4v) is 4.91. The molecule has 2 aromatic rings. The maximum absolute atomic E-state index is 13.2. The Morgan fingerprint density at radius 3 is 2.55 bits per heavy atom. The number of halogens is 5. The lowest BCUT2D eigenvalue weighted by atomic mass is 9.74. The topological polar surface area (TPSA) is 44.7 Å². The number of carbonyl (C=O) groups excluding carboxylic acids is 1. The first-order valence-corrected chi connectivity index (χ1v) is 13.0. The van der Waals surface area contributed by atoms with Gasteiger partial charge in [0, 0.05) is 15.6 Å². The predicted molar refractivity (Wildman–Crippen MR) is 133 cm³/mol. The van der Waals surface area contributed by atoms with Gasteiger partial charge >= 0.3 is 12.2 Å². The molecule has 0 fully saturated rings. The third kappa shape index (κ3) is 6.05. The highest BCUT2D eigenvalue weighted by Gasteiger charge is 2.44. The van der Waals surface area contributed by atoms with Gasteiger partial charge in [0.05, 0.1) is 22.8 Å². The van der Waals surface area contributed by atoms with Crippen LogP contribution in [0.1, 0.15) is 37.3 Å². The summed E-state index contributed by atoms with van der Waals surface area (Å²) in [4.78, 5) is 13.0. The van der Waals surface area contributed by atoms with Crippen molar-refractivity contribution in [2.75, 3.05) is 23.9 Å². The Bertz CT molecular complexity index is 1030. The Labute approximate surface area is 209 Å². The molecule has 0 radical (unpaired) electrons. The highest BCUT2D eigenvalue weighted by Crippen LogP contribution is 2.41. The van der Waals surface area contributed by atoms with E-state index in [0.717, 1.165) is 29.1 Å². The van der Waals surface area contributed by atoms with E-state index in [4.69, 9.17) is 11.6 Å². The molecule has 0 aliphatic carbocycles. The fourth-order valence-electron chi connectivity index (χ4n) is 3.93. The zero-order valence-electron chi connectivity index (χ0n) is 18.2. The summed E-state index contributed by atoms with van der Waals surface area (Å²) in [6.45, 7) is 2.35. The van der Waals surface area contributed by atoms with Crippen molar-refractivity contribution in [1.82, 2.24) is 5.01 Å². The van der Waals surface area contributed by atoms with E-state index in [-0.39, 0.29) is 5.02 Å². The molecule has 0 aromatic heterocycles. The number of hydrogen-bond acceptors (Lipinski definition) is 3. The lowest BCUT2D eigenvalue weighted by Gasteiger charge is -2.30. The van der Waals surface area contributed by atoms with Crippen molar-refractivity contribution in [2.24, 2.45) is 10.5 Å². The molecule has 4 nitrogen and oxygen atoms in total. The fraction of sp³-hybridized carbons (Fsp3) is 0.391. The molecule has 2 aromatic carbocycles. The number of rotatable bonds is 7. The van der Waals surface area contributed by atoms with Crippen LogP contribution >= 0.6 is 39.3 Å². The van der Waals surface area contributed by atoms with E-state index in [9.17, 15) is 18.0 Å². The number of nitrogens with one attached hydrogen (secondary N) is 1. The van der Waals surface area contributed by atoms with Gasteiger partial charge < -0.3 is 5.32 Å². The van der Waals surface area contributed by atoms with E-state index in [2.05, 4.69) is 26.3 Å². The molecule has 0 bridgehead atoms. The number of hydrazone groups is 1. The molecule has 1 heterocycles. The lowest BCUT2D eigenvalue weighted by Crippen LogP contribution is -2.37. The number of alkyl halides is 3. The summed E-state index contributed by atoms with van der Waals surface area (Å²) < 4.78 is 40.5. The molecule has 1 unspecified atom stereocenters. The highest BCUT2D eigenvalue weighted by molar-refractivity contribution is 9.10. The van der Waals surface area contributed by atoms with E-state index in [0.29, 0.717) is 29.9 Å². The van der Waals surface area contributed by atoms with Gasteiger partial charge in [-0.25, -0.2) is 9.80 Å². The second-order valence-electron chi connectivity index (χ2n) is 7.87. The lowest BCUT2D eigenvalue weighted by molar-refractivity contribution is -0.137. The van der Waals surface area contributed by atoms with Crippen LogP contribution in [0.4, 0.5) is 23.7 Å². The average molecular weight is 563 g/mol. The molecule has 1 aliphatic rings. The third-order valence-electron chi connectivity index (χ3n) is 5.73. The van der Waals surface area contributed by atoms with Crippen LogP contribution in [0.2, 0.25) is 5.02 Å². The molecular formula is C23H24BrClF3N3OS. The van der Waals surface area contributed by atoms with Gasteiger partial charge in [-0.3, -0.25) is 0 Å². The Morgan fingerprint density at radius 1 is 1.27 bits per heavy atom. The Morgan fingerprint density at radius 2 is 1.97 bits per heavy atom. The standard InChI is InChI=1S/C23H24BrClF3N3OS/c1-3-22(11-4-12-33-2)14-31(21(32)29-17-8-6-16(24)7-9-17)30-20(22)15-5-10-18(19(25)13-15)23(26,27)28/h5-10,13H,3-4,11-12,14H2,1-2H3,(H,29,32). The zero-order valence-corrected chi connectivity index (χ0v) is 21.3. The normalized spacial score (nSPS) is 18.4. The number of carbonyl (C=O) groups is 1. The number of amides is 2. The largest absolute Gasteiger partial charge is 0.417 e. The molecule has 3 rings (SSSR count). The molecular weight excluding hydrogens is 539 g/mol. The summed E-state index contributed by atoms with van der Waals surface area (Å²) in [7, 11) is 0. The van der Waals surface area contributed by atoms with Gasteiger partial charge in [0.2, 0.25) is 0 Å². The van der Waals surface area contributed by atoms with Crippen LogP contribution < -0.4 is 5.32 Å². The summed E-state index contributed by atoms with van der Waals surface area (Å²) in [6.07, 6.45) is -0.185. The smallest absolute Gasteiger partial charge is 0.306 e. The first kappa shape index (κ1) is 25.9. The number of benzene rings is 2. The number of thioether (sulfide) groups is 1. The molecule has 10 heteroatoms. The minimum Gasteiger partial charge on any atom is -0.306 e. The van der Waals surface area contributed by atoms with E-state index in [1.807, 2.05) is 25.3 Å². The van der Waals surface area contributed by atoms with Crippen molar-refractivity contribution in [1.29, 1.82) is 0 Å². The molecule has 1 N–H and O–H groups in total. The van der Waals surface area contributed by atoms with Gasteiger partial charge in [0.15, 0.2) is 0 Å². The second-order valence-corrected chi connectivity index (χ2v) is 10.2. The third-order valence-corrected chi connectivity index (χ3v) is 7.27. The van der Waals surface area contributed by atoms with Crippen LogP contribution in [0.25, 0.3) is 0 Å². The van der Waals surface area contributed by atoms with E-state index in [1.54, 1.807) is 23.9 Å². The highest BCUT2D eigenvalue weighted by atomic mass is 79.9. The first-order valence-electron chi connectivity index (χ1n) is 10.4. The second kappa shape index (κ2) is 10.7. The molecule has 0 saturated heterocycles. The maximum atomic E-state index is 13.2. The summed E-state index contributed by atoms with van der Waals surface area (Å²) >= 11 is 11.1. The van der Waals surface area contributed by atoms with Crippen LogP contribution in [0, 0.1) is 5.41 Å². The van der Waals surface area contributed by atoms with E-state index >= 15 is 0 Å². The van der Waals surface area contributed by atoms with Gasteiger partial charge in [-0.15, -0.1) is 0 Å². The van der Waals surface area contributed by atoms with Crippen molar-refractivity contribution < 1.29 is 18.0 Å². The number of urea groups is 1. The van der Waals surface area contributed by atoms with Crippen LogP contribution in [0.15, 0.2) is 52.0 Å². The summed E-state index contributed by atoms with van der Waals surface area (Å²) in [5.74, 6) is 0.938. The average Bonchev–Trinajstić information content (AvgIpc) is 3.15. The minimum absolute atomic E-state index is 0.341. The van der Waals surface area contributed by atoms with Crippen LogP contribution in [-0.2, 0) is 6.18 Å². The van der Waals surface area contributed by atoms with Crippen molar-refractivity contribution in [3.63, 3.8) is 0 Å². The molecule has 2 amide bonds. The van der Waals surface area contributed by atoms with Crippen LogP contribution in [0.5, 0.6) is 0 Å². The van der Waals surface area contributed by atoms with Gasteiger partial charge in [-0.2, -0.15) is 30.0 Å². The summed E-state index contributed by atoms with van der Waals surface area (Å²) in [5, 5.41) is 8.41. The van der Waals surface area contributed by atoms with Crippen molar-refractivity contribution >= 4 is 56.7 Å². The van der Waals surface area contributed by atoms with Crippen molar-refractivity contribution in [3.05, 3.63) is 63.1 Å². The predicted octanol–water partition coefficient (Wildman–Crippen LogP) is 7.91. The monoisotopic (exact) mass is 561 g/mol. The van der Waals surface area contributed by atoms with Crippen molar-refractivity contribution in [3.8, 4) is 0 Å². The van der Waals surface area contributed by atoms with E-state index in [1.165, 1.54) is 17.1 Å². The van der Waals surface area contributed by atoms with Crippen LogP contribution in [-0.4, -0.2) is 35.3 Å². The molecule has 0 saturated carbocycles. The van der Waals surface area contributed by atoms with Gasteiger partial charge in [0.1, 0.15) is 0 Å². The minimum atomic E-state index is -4.54. The summed E-state index contributed by atoms with van der Waals surface area (Å²) in [6, 6.07) is 10.4. The Balaban J connectivity index is 1.95. The molecule has 1 aliphatic heterocycles. The van der Waals surface area contributed by atoms with Gasteiger partial charge in [0.25, 0.3) is 0 Å². The molecule has 1 atom stereocenters. The molecule has 178 valence electrons. The first-order chi connectivity index (χ1) is 15.6. The molecule has 33 heavy (non-hydrogen) atoms. The molecule has 0 spiro atoms.